The first-order chi connectivity index (χ1) is 14.2. The van der Waals surface area contributed by atoms with E-state index in [0.717, 1.165) is 16.4 Å². The van der Waals surface area contributed by atoms with Gasteiger partial charge in [0.25, 0.3) is 5.91 Å². The fraction of sp³-hybridized carbons (Fsp3) is 0.0455. The van der Waals surface area contributed by atoms with Crippen LogP contribution in [0, 0.1) is 0 Å². The Labute approximate surface area is 165 Å². The van der Waals surface area contributed by atoms with E-state index in [-0.39, 0.29) is 5.91 Å². The summed E-state index contributed by atoms with van der Waals surface area (Å²) in [5.74, 6) is 0.948. The maximum atomic E-state index is 12.7. The van der Waals surface area contributed by atoms with Crippen LogP contribution in [0.2, 0.25) is 0 Å². The third-order valence-electron chi connectivity index (χ3n) is 4.73. The zero-order valence-electron chi connectivity index (χ0n) is 15.5. The normalized spacial score (nSPS) is 11.1. The number of nitrogens with zero attached hydrogens (tertiary/aromatic N) is 3. The number of anilines is 1. The molecule has 29 heavy (non-hydrogen) atoms. The molecule has 142 valence electrons. The average molecular weight is 384 g/mol. The predicted molar refractivity (Wildman–Crippen MR) is 110 cm³/mol. The van der Waals surface area contributed by atoms with Crippen LogP contribution >= 0.6 is 0 Å². The van der Waals surface area contributed by atoms with E-state index in [0.29, 0.717) is 28.4 Å². The lowest BCUT2D eigenvalue weighted by atomic mass is 10.1. The molecule has 3 aromatic heterocycles. The number of nitrogens with one attached hydrogen (secondary N) is 1. The average Bonchev–Trinajstić information content (AvgIpc) is 3.41. The van der Waals surface area contributed by atoms with Crippen molar-refractivity contribution in [1.82, 2.24) is 14.5 Å². The van der Waals surface area contributed by atoms with Crippen molar-refractivity contribution in [3.8, 4) is 11.6 Å². The minimum atomic E-state index is -0.288. The van der Waals surface area contributed by atoms with Crippen molar-refractivity contribution in [2.45, 2.75) is 0 Å². The highest BCUT2D eigenvalue weighted by molar-refractivity contribution is 6.09. The molecule has 5 aromatic rings. The summed E-state index contributed by atoms with van der Waals surface area (Å²) in [6, 6.07) is 14.9. The lowest BCUT2D eigenvalue weighted by molar-refractivity contribution is 0.102. The Bertz CT molecular complexity index is 1320. The monoisotopic (exact) mass is 384 g/mol. The van der Waals surface area contributed by atoms with Gasteiger partial charge in [-0.25, -0.2) is 9.97 Å². The Morgan fingerprint density at radius 1 is 1.10 bits per heavy atom. The summed E-state index contributed by atoms with van der Waals surface area (Å²) < 4.78 is 13.2. The Balaban J connectivity index is 1.47. The van der Waals surface area contributed by atoms with Gasteiger partial charge in [-0.3, -0.25) is 9.36 Å². The number of benzene rings is 2. The molecule has 7 nitrogen and oxygen atoms in total. The number of hydrogen-bond acceptors (Lipinski definition) is 5. The van der Waals surface area contributed by atoms with E-state index < -0.39 is 0 Å². The van der Waals surface area contributed by atoms with Gasteiger partial charge in [-0.15, -0.1) is 0 Å². The van der Waals surface area contributed by atoms with E-state index in [1.807, 2.05) is 30.3 Å². The van der Waals surface area contributed by atoms with Crippen molar-refractivity contribution in [3.63, 3.8) is 0 Å². The SMILES string of the molecule is COc1cc2c(cc1NC(=O)c1ccc(-n3ccnc3)nc1)oc1ccccc12. The molecule has 0 spiro atoms. The Morgan fingerprint density at radius 2 is 2.00 bits per heavy atom. The van der Waals surface area contributed by atoms with Gasteiger partial charge in [-0.05, 0) is 24.3 Å². The third-order valence-corrected chi connectivity index (χ3v) is 4.73. The number of ether oxygens (including phenoxy) is 1. The van der Waals surface area contributed by atoms with Crippen molar-refractivity contribution < 1.29 is 13.9 Å². The summed E-state index contributed by atoms with van der Waals surface area (Å²) in [6.07, 6.45) is 6.63. The zero-order chi connectivity index (χ0) is 19.8. The summed E-state index contributed by atoms with van der Waals surface area (Å²) >= 11 is 0. The molecule has 1 amide bonds. The molecular formula is C22H16N4O3. The van der Waals surface area contributed by atoms with Crippen molar-refractivity contribution in [1.29, 1.82) is 0 Å². The molecule has 0 saturated heterocycles. The fourth-order valence-electron chi connectivity index (χ4n) is 3.28. The van der Waals surface area contributed by atoms with E-state index in [4.69, 9.17) is 9.15 Å². The van der Waals surface area contributed by atoms with E-state index in [9.17, 15) is 4.79 Å². The van der Waals surface area contributed by atoms with Crippen LogP contribution < -0.4 is 10.1 Å². The quantitative estimate of drug-likeness (QED) is 0.496. The van der Waals surface area contributed by atoms with Crippen LogP contribution in [-0.2, 0) is 0 Å². The molecule has 0 radical (unpaired) electrons. The van der Waals surface area contributed by atoms with Gasteiger partial charge in [0.05, 0.1) is 18.4 Å². The van der Waals surface area contributed by atoms with Crippen LogP contribution in [0.25, 0.3) is 27.8 Å². The molecule has 0 saturated carbocycles. The standard InChI is InChI=1S/C22H16N4O3/c1-28-20-10-16-15-4-2-3-5-18(15)29-19(16)11-17(20)25-22(27)14-6-7-21(24-12-14)26-9-8-23-13-26/h2-13H,1H3,(H,25,27). The van der Waals surface area contributed by atoms with Gasteiger partial charge in [0.2, 0.25) is 0 Å². The van der Waals surface area contributed by atoms with Crippen molar-refractivity contribution in [2.75, 3.05) is 12.4 Å². The van der Waals surface area contributed by atoms with Gasteiger partial charge in [-0.1, -0.05) is 18.2 Å². The molecule has 0 fully saturated rings. The number of imidazole rings is 1. The summed E-state index contributed by atoms with van der Waals surface area (Å²) in [5.41, 5.74) is 2.42. The van der Waals surface area contributed by atoms with Gasteiger partial charge < -0.3 is 14.5 Å². The molecule has 0 aliphatic carbocycles. The summed E-state index contributed by atoms with van der Waals surface area (Å²) in [7, 11) is 1.57. The number of fused-ring (bicyclic) bond motifs is 3. The number of methoxy groups -OCH3 is 1. The minimum absolute atomic E-state index is 0.288. The number of rotatable bonds is 4. The molecular weight excluding hydrogens is 368 g/mol. The first-order valence-electron chi connectivity index (χ1n) is 8.98. The fourth-order valence-corrected chi connectivity index (χ4v) is 3.28. The second-order valence-electron chi connectivity index (χ2n) is 6.48. The Hall–Kier alpha value is -4.13. The molecule has 0 aliphatic heterocycles. The molecule has 0 aliphatic rings. The van der Waals surface area contributed by atoms with Gasteiger partial charge in [-0.2, -0.15) is 0 Å². The molecule has 5 rings (SSSR count). The number of hydrogen-bond donors (Lipinski definition) is 1. The minimum Gasteiger partial charge on any atom is -0.495 e. The predicted octanol–water partition coefficient (Wildman–Crippen LogP) is 4.43. The van der Waals surface area contributed by atoms with Crippen molar-refractivity contribution in [3.05, 3.63) is 79.0 Å². The van der Waals surface area contributed by atoms with Crippen LogP contribution in [0.5, 0.6) is 5.75 Å². The van der Waals surface area contributed by atoms with Gasteiger partial charge in [0.15, 0.2) is 0 Å². The molecule has 0 atom stereocenters. The van der Waals surface area contributed by atoms with E-state index in [1.165, 1.54) is 6.20 Å². The summed E-state index contributed by atoms with van der Waals surface area (Å²) in [4.78, 5) is 21.0. The maximum absolute atomic E-state index is 12.7. The lowest BCUT2D eigenvalue weighted by Crippen LogP contribution is -2.13. The summed E-state index contributed by atoms with van der Waals surface area (Å²) in [6.45, 7) is 0. The van der Waals surface area contributed by atoms with Crippen LogP contribution in [-0.4, -0.2) is 27.6 Å². The maximum Gasteiger partial charge on any atom is 0.257 e. The highest BCUT2D eigenvalue weighted by Gasteiger charge is 2.15. The largest absolute Gasteiger partial charge is 0.495 e. The smallest absolute Gasteiger partial charge is 0.257 e. The van der Waals surface area contributed by atoms with Crippen LogP contribution in [0.1, 0.15) is 10.4 Å². The highest BCUT2D eigenvalue weighted by atomic mass is 16.5. The van der Waals surface area contributed by atoms with Gasteiger partial charge >= 0.3 is 0 Å². The second-order valence-corrected chi connectivity index (χ2v) is 6.48. The number of furan rings is 1. The molecule has 2 aromatic carbocycles. The van der Waals surface area contributed by atoms with E-state index in [1.54, 1.807) is 48.6 Å². The van der Waals surface area contributed by atoms with Gasteiger partial charge in [0.1, 0.15) is 29.1 Å². The Kier molecular flexibility index (Phi) is 3.98. The second kappa shape index (κ2) is 6.79. The first-order valence-corrected chi connectivity index (χ1v) is 8.98. The van der Waals surface area contributed by atoms with Crippen LogP contribution in [0.15, 0.2) is 77.9 Å². The highest BCUT2D eigenvalue weighted by Crippen LogP contribution is 2.36. The number of aromatic nitrogens is 3. The molecule has 1 N–H and O–H groups in total. The zero-order valence-corrected chi connectivity index (χ0v) is 15.5. The topological polar surface area (TPSA) is 82.2 Å². The lowest BCUT2D eigenvalue weighted by Gasteiger charge is -2.10. The molecule has 0 bridgehead atoms. The van der Waals surface area contributed by atoms with Gasteiger partial charge in [0, 0.05) is 35.4 Å². The third kappa shape index (κ3) is 2.98. The number of carbonyl (C=O) groups is 1. The molecule has 0 unspecified atom stereocenters. The van der Waals surface area contributed by atoms with Crippen LogP contribution in [0.3, 0.4) is 0 Å². The van der Waals surface area contributed by atoms with E-state index in [2.05, 4.69) is 15.3 Å². The molecule has 7 heteroatoms. The number of carbonyl (C=O) groups excluding carboxylic acids is 1. The summed E-state index contributed by atoms with van der Waals surface area (Å²) in [5, 5.41) is 4.82. The Morgan fingerprint density at radius 3 is 2.76 bits per heavy atom. The number of amides is 1. The van der Waals surface area contributed by atoms with E-state index >= 15 is 0 Å². The number of para-hydroxylation sites is 1. The van der Waals surface area contributed by atoms with Crippen LogP contribution in [0.4, 0.5) is 5.69 Å². The molecule has 3 heterocycles. The van der Waals surface area contributed by atoms with Crippen molar-refractivity contribution >= 4 is 33.5 Å². The number of pyridine rings is 1. The first kappa shape index (κ1) is 17.0. The van der Waals surface area contributed by atoms with Crippen molar-refractivity contribution in [2.24, 2.45) is 0 Å².